The number of aliphatic hydroxyl groups excluding tert-OH is 2. The van der Waals surface area contributed by atoms with E-state index in [0.29, 0.717) is 6.42 Å². The van der Waals surface area contributed by atoms with E-state index in [-0.39, 0.29) is 12.2 Å². The first kappa shape index (κ1) is 27.4. The summed E-state index contributed by atoms with van der Waals surface area (Å²) in [5.41, 5.74) is 0. The molecule has 0 saturated carbocycles. The summed E-state index contributed by atoms with van der Waals surface area (Å²) in [7, 11) is 0. The normalized spacial score (nSPS) is 13.5. The predicted octanol–water partition coefficient (Wildman–Crippen LogP) is 6.61. The molecule has 3 N–H and O–H groups in total. The molecule has 0 aromatic carbocycles. The van der Waals surface area contributed by atoms with Gasteiger partial charge in [-0.25, -0.2) is 0 Å². The molecule has 0 aliphatic rings. The van der Waals surface area contributed by atoms with Gasteiger partial charge < -0.3 is 15.3 Å². The first-order valence-corrected chi connectivity index (χ1v) is 12.1. The van der Waals surface area contributed by atoms with Crippen LogP contribution >= 0.6 is 0 Å². The van der Waals surface area contributed by atoms with Crippen LogP contribution in [0.4, 0.5) is 0 Å². The first-order valence-electron chi connectivity index (χ1n) is 12.1. The van der Waals surface area contributed by atoms with Crippen LogP contribution in [-0.4, -0.2) is 33.5 Å². The summed E-state index contributed by atoms with van der Waals surface area (Å²) in [5, 5.41) is 28.6. The fourth-order valence-electron chi connectivity index (χ4n) is 3.73. The highest BCUT2D eigenvalue weighted by atomic mass is 16.4. The third kappa shape index (κ3) is 21.7. The van der Waals surface area contributed by atoms with Crippen LogP contribution in [0.5, 0.6) is 0 Å². The molecule has 0 saturated heterocycles. The molecule has 0 amide bonds. The number of aliphatic hydroxyl groups is 2. The maximum Gasteiger partial charge on any atom is 0.303 e. The Bertz CT molecular complexity index is 333. The second kappa shape index (κ2) is 21.1. The van der Waals surface area contributed by atoms with Gasteiger partial charge in [-0.05, 0) is 32.1 Å². The van der Waals surface area contributed by atoms with Gasteiger partial charge in [0.25, 0.3) is 0 Å². The highest BCUT2D eigenvalue weighted by Crippen LogP contribution is 2.16. The summed E-state index contributed by atoms with van der Waals surface area (Å²) < 4.78 is 0. The lowest BCUT2D eigenvalue weighted by atomic mass is 10.00. The number of hydrogen-bond donors (Lipinski definition) is 3. The van der Waals surface area contributed by atoms with Crippen LogP contribution in [0.2, 0.25) is 0 Å². The minimum absolute atomic E-state index is 0.233. The Labute approximate surface area is 174 Å². The molecule has 28 heavy (non-hydrogen) atoms. The van der Waals surface area contributed by atoms with E-state index in [9.17, 15) is 15.0 Å². The van der Waals surface area contributed by atoms with Crippen molar-refractivity contribution >= 4 is 5.97 Å². The predicted molar refractivity (Wildman–Crippen MR) is 118 cm³/mol. The zero-order valence-corrected chi connectivity index (χ0v) is 18.5. The van der Waals surface area contributed by atoms with Gasteiger partial charge in [-0.2, -0.15) is 0 Å². The summed E-state index contributed by atoms with van der Waals surface area (Å²) in [6, 6.07) is 0. The maximum absolute atomic E-state index is 10.4. The van der Waals surface area contributed by atoms with Gasteiger partial charge in [0.1, 0.15) is 0 Å². The molecule has 0 fully saturated rings. The number of carboxylic acids is 1. The monoisotopic (exact) mass is 400 g/mol. The molecule has 4 heteroatoms. The number of hydrogen-bond acceptors (Lipinski definition) is 3. The zero-order valence-electron chi connectivity index (χ0n) is 18.5. The van der Waals surface area contributed by atoms with Crippen molar-refractivity contribution in [3.63, 3.8) is 0 Å². The fraction of sp³-hybridized carbons (Fsp3) is 0.958. The number of carbonyl (C=O) groups is 1. The summed E-state index contributed by atoms with van der Waals surface area (Å²) in [6.45, 7) is 2.20. The zero-order chi connectivity index (χ0) is 20.9. The van der Waals surface area contributed by atoms with Gasteiger partial charge in [0.15, 0.2) is 0 Å². The van der Waals surface area contributed by atoms with Crippen LogP contribution in [0, 0.1) is 0 Å². The van der Waals surface area contributed by atoms with Gasteiger partial charge in [0, 0.05) is 6.42 Å². The van der Waals surface area contributed by atoms with Crippen LogP contribution in [0.1, 0.15) is 135 Å². The molecule has 0 aromatic heterocycles. The van der Waals surface area contributed by atoms with Crippen molar-refractivity contribution in [3.05, 3.63) is 0 Å². The molecular formula is C24H48O4. The molecule has 0 aliphatic carbocycles. The van der Waals surface area contributed by atoms with Gasteiger partial charge in [0.05, 0.1) is 12.2 Å². The van der Waals surface area contributed by atoms with Crippen LogP contribution in [0.25, 0.3) is 0 Å². The van der Waals surface area contributed by atoms with Crippen LogP contribution in [-0.2, 0) is 4.79 Å². The van der Waals surface area contributed by atoms with Gasteiger partial charge in [-0.1, -0.05) is 96.8 Å². The number of aliphatic carboxylic acids is 1. The molecule has 0 rings (SSSR count). The molecule has 4 nitrogen and oxygen atoms in total. The molecule has 0 aromatic rings. The molecule has 2 atom stereocenters. The Morgan fingerprint density at radius 1 is 0.571 bits per heavy atom. The molecular weight excluding hydrogens is 352 g/mol. The summed E-state index contributed by atoms with van der Waals surface area (Å²) in [6.07, 6.45) is 20.8. The Balaban J connectivity index is 3.25. The van der Waals surface area contributed by atoms with Crippen molar-refractivity contribution in [3.8, 4) is 0 Å². The molecule has 0 radical (unpaired) electrons. The van der Waals surface area contributed by atoms with Crippen LogP contribution in [0.3, 0.4) is 0 Å². The highest BCUT2D eigenvalue weighted by molar-refractivity contribution is 5.66. The Hall–Kier alpha value is -0.610. The van der Waals surface area contributed by atoms with Crippen molar-refractivity contribution in [2.45, 2.75) is 148 Å². The lowest BCUT2D eigenvalue weighted by molar-refractivity contribution is -0.137. The quantitative estimate of drug-likeness (QED) is 0.179. The van der Waals surface area contributed by atoms with Crippen molar-refractivity contribution in [1.82, 2.24) is 0 Å². The second-order valence-corrected chi connectivity index (χ2v) is 8.56. The molecule has 0 bridgehead atoms. The van der Waals surface area contributed by atoms with E-state index in [0.717, 1.165) is 51.4 Å². The van der Waals surface area contributed by atoms with E-state index >= 15 is 0 Å². The third-order valence-corrected chi connectivity index (χ3v) is 5.65. The first-order chi connectivity index (χ1) is 13.6. The molecule has 0 aliphatic heterocycles. The van der Waals surface area contributed by atoms with E-state index in [2.05, 4.69) is 6.92 Å². The lowest BCUT2D eigenvalue weighted by Gasteiger charge is -2.14. The number of rotatable bonds is 22. The largest absolute Gasteiger partial charge is 0.481 e. The average molecular weight is 401 g/mol. The van der Waals surface area contributed by atoms with Gasteiger partial charge in [-0.3, -0.25) is 4.79 Å². The van der Waals surface area contributed by atoms with Gasteiger partial charge in [0.2, 0.25) is 0 Å². The Morgan fingerprint density at radius 3 is 1.32 bits per heavy atom. The van der Waals surface area contributed by atoms with E-state index in [1.54, 1.807) is 0 Å². The van der Waals surface area contributed by atoms with Crippen molar-refractivity contribution in [1.29, 1.82) is 0 Å². The van der Waals surface area contributed by atoms with E-state index in [1.807, 2.05) is 0 Å². The Kier molecular flexibility index (Phi) is 20.6. The summed E-state index contributed by atoms with van der Waals surface area (Å²) in [4.78, 5) is 10.4. The minimum Gasteiger partial charge on any atom is -0.481 e. The van der Waals surface area contributed by atoms with Crippen molar-refractivity contribution < 1.29 is 20.1 Å². The van der Waals surface area contributed by atoms with Crippen molar-refractivity contribution in [2.24, 2.45) is 0 Å². The molecule has 2 unspecified atom stereocenters. The van der Waals surface area contributed by atoms with Gasteiger partial charge >= 0.3 is 5.97 Å². The second-order valence-electron chi connectivity index (χ2n) is 8.56. The SMILES string of the molecule is CCCCCCC(O)CCC(O)CCCCCCCCCCCCCC(=O)O. The van der Waals surface area contributed by atoms with E-state index in [1.165, 1.54) is 70.6 Å². The highest BCUT2D eigenvalue weighted by Gasteiger charge is 2.09. The molecule has 0 heterocycles. The molecule has 0 spiro atoms. The van der Waals surface area contributed by atoms with E-state index in [4.69, 9.17) is 5.11 Å². The standard InChI is InChI=1S/C24H48O4/c1-2-3-4-14-17-22(25)20-21-23(26)18-15-12-10-8-6-5-7-9-11-13-16-19-24(27)28/h22-23,25-26H,2-21H2,1H3,(H,27,28). The fourth-order valence-corrected chi connectivity index (χ4v) is 3.73. The van der Waals surface area contributed by atoms with E-state index < -0.39 is 5.97 Å². The van der Waals surface area contributed by atoms with Crippen LogP contribution in [0.15, 0.2) is 0 Å². The smallest absolute Gasteiger partial charge is 0.303 e. The average Bonchev–Trinajstić information content (AvgIpc) is 2.67. The van der Waals surface area contributed by atoms with Crippen LogP contribution < -0.4 is 0 Å². The lowest BCUT2D eigenvalue weighted by Crippen LogP contribution is -2.13. The van der Waals surface area contributed by atoms with Crippen molar-refractivity contribution in [2.75, 3.05) is 0 Å². The summed E-state index contributed by atoms with van der Waals surface area (Å²) >= 11 is 0. The number of carboxylic acid groups (broad SMARTS) is 1. The molecule has 168 valence electrons. The van der Waals surface area contributed by atoms with Gasteiger partial charge in [-0.15, -0.1) is 0 Å². The minimum atomic E-state index is -0.678. The third-order valence-electron chi connectivity index (χ3n) is 5.65. The number of unbranched alkanes of at least 4 members (excludes halogenated alkanes) is 13. The summed E-state index contributed by atoms with van der Waals surface area (Å²) in [5.74, 6) is -0.678. The Morgan fingerprint density at radius 2 is 0.929 bits per heavy atom. The topological polar surface area (TPSA) is 77.8 Å². The maximum atomic E-state index is 10.4.